The molecule has 1 aromatic rings. The van der Waals surface area contributed by atoms with Gasteiger partial charge in [0.15, 0.2) is 6.23 Å². The molecule has 9 nitrogen and oxygen atoms in total. The Hall–Kier alpha value is -2.65. The van der Waals surface area contributed by atoms with Gasteiger partial charge in [0.2, 0.25) is 11.8 Å². The summed E-state index contributed by atoms with van der Waals surface area (Å²) in [4.78, 5) is 43.5. The van der Waals surface area contributed by atoms with Crippen molar-refractivity contribution in [2.45, 2.75) is 70.1 Å². The molecule has 1 spiro atoms. The van der Waals surface area contributed by atoms with Gasteiger partial charge in [-0.1, -0.05) is 30.3 Å². The van der Waals surface area contributed by atoms with Crippen LogP contribution >= 0.6 is 0 Å². The summed E-state index contributed by atoms with van der Waals surface area (Å²) in [5, 5.41) is 10.4. The summed E-state index contributed by atoms with van der Waals surface area (Å²) in [5.74, 6) is -0.173. The number of nitrogens with zero attached hydrogens (tertiary/aromatic N) is 3. The number of carbonyl (C=O) groups excluding carboxylic acids is 3. The zero-order valence-corrected chi connectivity index (χ0v) is 19.6. The van der Waals surface area contributed by atoms with E-state index in [1.54, 1.807) is 16.7 Å². The molecule has 184 valence electrons. The van der Waals surface area contributed by atoms with E-state index in [1.807, 2.05) is 30.3 Å². The molecule has 3 amide bonds. The number of hydrogen-bond donors (Lipinski definition) is 1. The molecule has 1 N–H and O–H groups in total. The number of piperazine rings is 1. The van der Waals surface area contributed by atoms with E-state index in [-0.39, 0.29) is 36.4 Å². The highest BCUT2D eigenvalue weighted by atomic mass is 16.6. The van der Waals surface area contributed by atoms with E-state index in [2.05, 4.69) is 0 Å². The monoisotopic (exact) mass is 471 g/mol. The molecular weight excluding hydrogens is 438 g/mol. The maximum absolute atomic E-state index is 13.1. The van der Waals surface area contributed by atoms with Crippen molar-refractivity contribution in [3.63, 3.8) is 0 Å². The first kappa shape index (κ1) is 23.1. The van der Waals surface area contributed by atoms with Crippen molar-refractivity contribution in [3.05, 3.63) is 35.9 Å². The third kappa shape index (κ3) is 4.38. The molecule has 5 rings (SSSR count). The van der Waals surface area contributed by atoms with Gasteiger partial charge in [0, 0.05) is 19.5 Å². The van der Waals surface area contributed by atoms with Crippen molar-refractivity contribution in [1.82, 2.24) is 14.7 Å². The number of amides is 3. The molecule has 0 radical (unpaired) electrons. The van der Waals surface area contributed by atoms with E-state index < -0.39 is 24.5 Å². The second-order valence-corrected chi connectivity index (χ2v) is 10.1. The van der Waals surface area contributed by atoms with Gasteiger partial charge in [0.1, 0.15) is 12.6 Å². The first-order chi connectivity index (χ1) is 16.4. The zero-order chi connectivity index (χ0) is 23.9. The Morgan fingerprint density at radius 1 is 1.18 bits per heavy atom. The quantitative estimate of drug-likeness (QED) is 0.702. The van der Waals surface area contributed by atoms with Crippen LogP contribution in [-0.2, 0) is 25.7 Å². The van der Waals surface area contributed by atoms with Gasteiger partial charge in [-0.2, -0.15) is 0 Å². The van der Waals surface area contributed by atoms with E-state index in [4.69, 9.17) is 9.47 Å². The summed E-state index contributed by atoms with van der Waals surface area (Å²) in [5.41, 5.74) is 0.942. The number of hydrogen-bond acceptors (Lipinski definition) is 6. The molecule has 4 atom stereocenters. The molecule has 9 heteroatoms. The largest absolute Gasteiger partial charge is 0.445 e. The van der Waals surface area contributed by atoms with Crippen molar-refractivity contribution in [2.75, 3.05) is 26.2 Å². The highest BCUT2D eigenvalue weighted by molar-refractivity contribution is 5.87. The smallest absolute Gasteiger partial charge is 0.410 e. The first-order valence-corrected chi connectivity index (χ1v) is 12.2. The van der Waals surface area contributed by atoms with Gasteiger partial charge in [-0.25, -0.2) is 4.79 Å². The second-order valence-electron chi connectivity index (χ2n) is 10.1. The Kier molecular flexibility index (Phi) is 6.24. The normalized spacial score (nSPS) is 29.8. The molecule has 4 aliphatic rings. The lowest BCUT2D eigenvalue weighted by Crippen LogP contribution is -2.62. The van der Waals surface area contributed by atoms with Crippen molar-refractivity contribution in [1.29, 1.82) is 0 Å². The van der Waals surface area contributed by atoms with Crippen LogP contribution in [0.3, 0.4) is 0 Å². The van der Waals surface area contributed by atoms with E-state index in [0.717, 1.165) is 24.8 Å². The maximum atomic E-state index is 13.1. The van der Waals surface area contributed by atoms with Crippen LogP contribution in [0.4, 0.5) is 4.79 Å². The standard InChI is InChI=1S/C25H33N3O6/c1-17-23(31)28-19(7-8-21(30)26-12-11-25(9-10-25)20(29)13-26)16-33-22(28)14-27(17)24(32)34-15-18-5-3-2-4-6-18/h2-6,17,19-20,22,29H,7-16H2,1H3/t17-,19-,20?,22-/m0/s1. The van der Waals surface area contributed by atoms with E-state index in [0.29, 0.717) is 32.5 Å². The van der Waals surface area contributed by atoms with E-state index >= 15 is 0 Å². The van der Waals surface area contributed by atoms with E-state index in [1.165, 1.54) is 4.90 Å². The van der Waals surface area contributed by atoms with Gasteiger partial charge >= 0.3 is 6.09 Å². The van der Waals surface area contributed by atoms with Crippen molar-refractivity contribution < 1.29 is 29.0 Å². The molecule has 3 aliphatic heterocycles. The number of aliphatic hydroxyl groups is 1. The minimum atomic E-state index is -0.661. The minimum absolute atomic E-state index is 0.0154. The lowest BCUT2D eigenvalue weighted by molar-refractivity contribution is -0.152. The third-order valence-electron chi connectivity index (χ3n) is 7.97. The summed E-state index contributed by atoms with van der Waals surface area (Å²) in [7, 11) is 0. The third-order valence-corrected chi connectivity index (χ3v) is 7.97. The Morgan fingerprint density at radius 2 is 1.94 bits per heavy atom. The van der Waals surface area contributed by atoms with Gasteiger partial charge in [0.25, 0.3) is 0 Å². The molecule has 1 aliphatic carbocycles. The lowest BCUT2D eigenvalue weighted by Gasteiger charge is -2.41. The average Bonchev–Trinajstić information content (AvgIpc) is 3.51. The minimum Gasteiger partial charge on any atom is -0.445 e. The number of β-amino-alcohol motifs (C(OH)–C–C–N with tert-alkyl or cyclic N) is 1. The molecule has 3 heterocycles. The maximum Gasteiger partial charge on any atom is 0.410 e. The fourth-order valence-corrected chi connectivity index (χ4v) is 5.45. The Morgan fingerprint density at radius 3 is 2.65 bits per heavy atom. The number of benzene rings is 1. The van der Waals surface area contributed by atoms with Gasteiger partial charge in [-0.3, -0.25) is 14.5 Å². The van der Waals surface area contributed by atoms with Crippen molar-refractivity contribution >= 4 is 17.9 Å². The Bertz CT molecular complexity index is 936. The van der Waals surface area contributed by atoms with E-state index in [9.17, 15) is 19.5 Å². The Balaban J connectivity index is 1.13. The molecule has 3 saturated heterocycles. The molecule has 0 aromatic heterocycles. The van der Waals surface area contributed by atoms with Crippen LogP contribution in [-0.4, -0.2) is 88.4 Å². The van der Waals surface area contributed by atoms with Crippen molar-refractivity contribution in [3.8, 4) is 0 Å². The summed E-state index contributed by atoms with van der Waals surface area (Å²) >= 11 is 0. The average molecular weight is 472 g/mol. The number of rotatable bonds is 5. The van der Waals surface area contributed by atoms with Crippen LogP contribution in [0.2, 0.25) is 0 Å². The fraction of sp³-hybridized carbons (Fsp3) is 0.640. The van der Waals surface area contributed by atoms with Gasteiger partial charge < -0.3 is 24.4 Å². The van der Waals surface area contributed by atoms with Crippen LogP contribution in [0.5, 0.6) is 0 Å². The number of ether oxygens (including phenoxy) is 2. The highest BCUT2D eigenvalue weighted by Gasteiger charge is 2.52. The topological polar surface area (TPSA) is 99.6 Å². The van der Waals surface area contributed by atoms with Gasteiger partial charge in [-0.15, -0.1) is 0 Å². The second kappa shape index (κ2) is 9.19. The van der Waals surface area contributed by atoms with Crippen LogP contribution < -0.4 is 0 Å². The molecule has 1 unspecified atom stereocenters. The molecule has 4 fully saturated rings. The molecule has 34 heavy (non-hydrogen) atoms. The number of carbonyl (C=O) groups is 3. The van der Waals surface area contributed by atoms with Crippen LogP contribution in [0, 0.1) is 5.41 Å². The molecule has 1 saturated carbocycles. The molecule has 0 bridgehead atoms. The highest BCUT2D eigenvalue weighted by Crippen LogP contribution is 2.53. The van der Waals surface area contributed by atoms with Crippen LogP contribution in [0.15, 0.2) is 30.3 Å². The van der Waals surface area contributed by atoms with Crippen molar-refractivity contribution in [2.24, 2.45) is 5.41 Å². The summed E-state index contributed by atoms with van der Waals surface area (Å²) < 4.78 is 11.3. The van der Waals surface area contributed by atoms with Crippen LogP contribution in [0.25, 0.3) is 0 Å². The number of aliphatic hydroxyl groups excluding tert-OH is 1. The van der Waals surface area contributed by atoms with Gasteiger partial charge in [-0.05, 0) is 43.6 Å². The predicted molar refractivity (Wildman–Crippen MR) is 121 cm³/mol. The Labute approximate surface area is 199 Å². The first-order valence-electron chi connectivity index (χ1n) is 12.2. The van der Waals surface area contributed by atoms with Gasteiger partial charge in [0.05, 0.1) is 25.3 Å². The zero-order valence-electron chi connectivity index (χ0n) is 19.6. The summed E-state index contributed by atoms with van der Waals surface area (Å²) in [6, 6.07) is 8.54. The number of fused-ring (bicyclic) bond motifs is 1. The van der Waals surface area contributed by atoms with Crippen LogP contribution in [0.1, 0.15) is 44.6 Å². The molecular formula is C25H33N3O6. The lowest BCUT2D eigenvalue weighted by atomic mass is 9.90. The fourth-order valence-electron chi connectivity index (χ4n) is 5.45. The predicted octanol–water partition coefficient (Wildman–Crippen LogP) is 1.73. The summed E-state index contributed by atoms with van der Waals surface area (Å²) in [6.07, 6.45) is 2.30. The SMILES string of the molecule is C[C@H]1C(=O)N2[C@@H](CCC(=O)N3CCC4(CC4)C(O)C3)CO[C@H]2CN1C(=O)OCc1ccccc1. The number of likely N-dealkylation sites (tertiary alicyclic amines) is 1. The summed E-state index contributed by atoms with van der Waals surface area (Å²) in [6.45, 7) is 3.53. The number of piperidine rings is 1. The molecule has 1 aromatic carbocycles.